The molecule has 5 atom stereocenters. The van der Waals surface area contributed by atoms with Gasteiger partial charge in [0, 0.05) is 35.7 Å². The molecule has 4 aliphatic rings. The molecular formula is C38H44FN3O6Si. The van der Waals surface area contributed by atoms with E-state index in [4.69, 9.17) is 9.47 Å². The second kappa shape index (κ2) is 12.7. The van der Waals surface area contributed by atoms with E-state index in [2.05, 4.69) is 0 Å². The zero-order valence-electron chi connectivity index (χ0n) is 28.5. The number of hydrogen-bond acceptors (Lipinski definition) is 6. The van der Waals surface area contributed by atoms with Gasteiger partial charge >= 0.3 is 0 Å². The average Bonchev–Trinajstić information content (AvgIpc) is 3.75. The summed E-state index contributed by atoms with van der Waals surface area (Å²) < 4.78 is 28.8. The third kappa shape index (κ3) is 5.56. The first-order valence-corrected chi connectivity index (χ1v) is 20.2. The minimum atomic E-state index is -3.49. The molecule has 49 heavy (non-hydrogen) atoms. The fourth-order valence-electron chi connectivity index (χ4n) is 8.84. The fraction of sp³-hybridized carbons (Fsp3) is 0.447. The number of aliphatic hydroxyl groups excluding tert-OH is 1. The number of carbonyl (C=O) groups is 3. The quantitative estimate of drug-likeness (QED) is 0.231. The van der Waals surface area contributed by atoms with Gasteiger partial charge in [-0.3, -0.25) is 19.3 Å². The molecule has 258 valence electrons. The molecule has 2 fully saturated rings. The number of halogens is 1. The zero-order valence-corrected chi connectivity index (χ0v) is 29.5. The fourth-order valence-corrected chi connectivity index (χ4v) is 11.3. The molecule has 4 aliphatic heterocycles. The van der Waals surface area contributed by atoms with E-state index in [1.165, 1.54) is 0 Å². The van der Waals surface area contributed by atoms with Crippen LogP contribution >= 0.6 is 0 Å². The predicted octanol–water partition coefficient (Wildman–Crippen LogP) is 6.00. The summed E-state index contributed by atoms with van der Waals surface area (Å²) in [4.78, 5) is 46.9. The molecule has 0 aliphatic carbocycles. The molecule has 7 rings (SSSR count). The lowest BCUT2D eigenvalue weighted by molar-refractivity contribution is -0.150. The molecule has 0 bridgehead atoms. The lowest BCUT2D eigenvalue weighted by atomic mass is 9.82. The number of ether oxygens (including phenoxy) is 2. The number of nitrogens with zero attached hydrogens (tertiary/aromatic N) is 3. The van der Waals surface area contributed by atoms with Crippen molar-refractivity contribution in [1.82, 2.24) is 4.90 Å². The smallest absolute Gasteiger partial charge is 0.264 e. The normalized spacial score (nSPS) is 26.4. The monoisotopic (exact) mass is 685 g/mol. The largest absolute Gasteiger partial charge is 0.497 e. The van der Waals surface area contributed by atoms with Crippen LogP contribution in [0.3, 0.4) is 0 Å². The highest BCUT2D eigenvalue weighted by Crippen LogP contribution is 2.61. The molecule has 0 saturated carbocycles. The maximum Gasteiger partial charge on any atom is 0.264 e. The number of amides is 3. The van der Waals surface area contributed by atoms with Crippen LogP contribution in [0.1, 0.15) is 49.3 Å². The van der Waals surface area contributed by atoms with Crippen molar-refractivity contribution in [2.75, 3.05) is 30.1 Å². The summed E-state index contributed by atoms with van der Waals surface area (Å²) in [5, 5.41) is 9.87. The Morgan fingerprint density at radius 1 is 1.06 bits per heavy atom. The number of para-hydroxylation sites is 1. The van der Waals surface area contributed by atoms with Gasteiger partial charge in [-0.25, -0.2) is 0 Å². The van der Waals surface area contributed by atoms with Gasteiger partial charge in [0.15, 0.2) is 5.60 Å². The molecule has 1 spiro atoms. The molecule has 4 heterocycles. The summed E-state index contributed by atoms with van der Waals surface area (Å²) in [5.74, 6) is -0.500. The van der Waals surface area contributed by atoms with Crippen molar-refractivity contribution >= 4 is 43.2 Å². The number of rotatable bonds is 8. The molecule has 3 amide bonds. The Morgan fingerprint density at radius 2 is 1.86 bits per heavy atom. The molecule has 0 unspecified atom stereocenters. The minimum absolute atomic E-state index is 0.0153. The number of hydrogen-bond donors (Lipinski definition) is 1. The van der Waals surface area contributed by atoms with Gasteiger partial charge in [-0.1, -0.05) is 37.3 Å². The number of carbonyl (C=O) groups excluding carboxylic acids is 3. The second-order valence-corrected chi connectivity index (χ2v) is 18.1. The standard InChI is InChI=1S/C38H44FN3O6Si/c1-24-36(49(3,4)39)33(21-35(45)40-18-8-12-28(40)23-43)48-38(24)30-20-29(47-2)15-16-32(30)41(37(38)46)22-25-9-7-11-27(19-25)42-31-13-6-5-10-26(31)14-17-34(42)44/h5-7,9-11,13,15-16,19-20,24,28,33,36,43H,8,12,14,17-18,21-23H2,1-4H3/t24-,28+,33+,36-,38+/m1/s1. The van der Waals surface area contributed by atoms with Crippen molar-refractivity contribution in [3.63, 3.8) is 0 Å². The molecular weight excluding hydrogens is 642 g/mol. The van der Waals surface area contributed by atoms with E-state index < -0.39 is 31.6 Å². The van der Waals surface area contributed by atoms with E-state index in [9.17, 15) is 19.5 Å². The summed E-state index contributed by atoms with van der Waals surface area (Å²) in [6.07, 6.45) is 1.76. The first kappa shape index (κ1) is 33.4. The lowest BCUT2D eigenvalue weighted by Crippen LogP contribution is -2.45. The first-order chi connectivity index (χ1) is 23.5. The van der Waals surface area contributed by atoms with Crippen LogP contribution in [0.2, 0.25) is 18.6 Å². The van der Waals surface area contributed by atoms with Crippen LogP contribution in [0.15, 0.2) is 66.7 Å². The van der Waals surface area contributed by atoms with Crippen LogP contribution in [0.5, 0.6) is 5.75 Å². The third-order valence-electron chi connectivity index (χ3n) is 11.1. The van der Waals surface area contributed by atoms with Gasteiger partial charge in [0.05, 0.1) is 50.2 Å². The first-order valence-electron chi connectivity index (χ1n) is 17.2. The van der Waals surface area contributed by atoms with Crippen molar-refractivity contribution in [2.24, 2.45) is 5.92 Å². The number of anilines is 3. The highest BCUT2D eigenvalue weighted by Gasteiger charge is 2.67. The van der Waals surface area contributed by atoms with Gasteiger partial charge in [-0.05, 0) is 79.9 Å². The summed E-state index contributed by atoms with van der Waals surface area (Å²) >= 11 is 0. The molecule has 0 radical (unpaired) electrons. The van der Waals surface area contributed by atoms with Gasteiger partial charge in [-0.2, -0.15) is 0 Å². The number of likely N-dealkylation sites (tertiary alicyclic amines) is 1. The van der Waals surface area contributed by atoms with Crippen LogP contribution in [0, 0.1) is 5.92 Å². The van der Waals surface area contributed by atoms with E-state index in [1.807, 2.05) is 61.5 Å². The summed E-state index contributed by atoms with van der Waals surface area (Å²) in [7, 11) is -1.93. The average molecular weight is 686 g/mol. The number of aliphatic hydroxyl groups is 1. The Kier molecular flexibility index (Phi) is 8.65. The second-order valence-electron chi connectivity index (χ2n) is 14.3. The molecule has 3 aromatic rings. The Hall–Kier alpha value is -4.06. The van der Waals surface area contributed by atoms with Gasteiger partial charge in [0.2, 0.25) is 20.2 Å². The van der Waals surface area contributed by atoms with E-state index in [0.717, 1.165) is 35.3 Å². The van der Waals surface area contributed by atoms with Crippen LogP contribution in [-0.4, -0.2) is 68.5 Å². The Labute approximate surface area is 287 Å². The highest BCUT2D eigenvalue weighted by atomic mass is 28.4. The van der Waals surface area contributed by atoms with E-state index in [-0.39, 0.29) is 43.3 Å². The van der Waals surface area contributed by atoms with Crippen molar-refractivity contribution < 1.29 is 33.1 Å². The van der Waals surface area contributed by atoms with Crippen molar-refractivity contribution in [2.45, 2.75) is 82.0 Å². The minimum Gasteiger partial charge on any atom is -0.497 e. The Balaban J connectivity index is 1.25. The maximum atomic E-state index is 16.4. The van der Waals surface area contributed by atoms with Gasteiger partial charge in [0.25, 0.3) is 5.91 Å². The van der Waals surface area contributed by atoms with Crippen molar-refractivity contribution in [3.05, 3.63) is 83.4 Å². The number of fused-ring (bicyclic) bond motifs is 3. The lowest BCUT2D eigenvalue weighted by Gasteiger charge is -2.31. The topological polar surface area (TPSA) is 99.6 Å². The van der Waals surface area contributed by atoms with E-state index in [0.29, 0.717) is 36.4 Å². The van der Waals surface area contributed by atoms with Crippen molar-refractivity contribution in [3.8, 4) is 5.75 Å². The van der Waals surface area contributed by atoms with Gasteiger partial charge in [-0.15, -0.1) is 0 Å². The number of benzene rings is 3. The molecule has 0 aromatic heterocycles. The summed E-state index contributed by atoms with van der Waals surface area (Å²) in [5.41, 5.74) is 2.61. The molecule has 11 heteroatoms. The maximum absolute atomic E-state index is 16.4. The van der Waals surface area contributed by atoms with Crippen LogP contribution in [-0.2, 0) is 37.7 Å². The van der Waals surface area contributed by atoms with Gasteiger partial charge < -0.3 is 28.5 Å². The summed E-state index contributed by atoms with van der Waals surface area (Å²) in [6, 6.07) is 20.8. The molecule has 1 N–H and O–H groups in total. The zero-order chi connectivity index (χ0) is 34.7. The van der Waals surface area contributed by atoms with E-state index >= 15 is 4.11 Å². The summed E-state index contributed by atoms with van der Waals surface area (Å²) in [6.45, 7) is 5.74. The van der Waals surface area contributed by atoms with Gasteiger partial charge in [0.1, 0.15) is 5.75 Å². The number of aryl methyl sites for hydroxylation is 1. The predicted molar refractivity (Wildman–Crippen MR) is 187 cm³/mol. The van der Waals surface area contributed by atoms with Crippen molar-refractivity contribution in [1.29, 1.82) is 0 Å². The molecule has 3 aromatic carbocycles. The van der Waals surface area contributed by atoms with Crippen LogP contribution in [0.4, 0.5) is 21.2 Å². The molecule has 2 saturated heterocycles. The number of methoxy groups -OCH3 is 1. The van der Waals surface area contributed by atoms with Crippen LogP contribution in [0.25, 0.3) is 0 Å². The van der Waals surface area contributed by atoms with Crippen LogP contribution < -0.4 is 14.5 Å². The molecule has 9 nitrogen and oxygen atoms in total. The highest BCUT2D eigenvalue weighted by molar-refractivity contribution is 6.72. The Bertz CT molecular complexity index is 1800. The van der Waals surface area contributed by atoms with E-state index in [1.54, 1.807) is 47.0 Å². The Morgan fingerprint density at radius 3 is 2.61 bits per heavy atom. The third-order valence-corrected chi connectivity index (χ3v) is 13.5. The SMILES string of the molecule is COc1ccc2c(c1)[C@]1(O[C@@H](CC(=O)N3CCC[C@H]3CO)[C@H]([Si](C)(C)F)[C@H]1C)C(=O)N2Cc1cccc(N2C(=O)CCc3ccccc32)c1.